The molecular formula is C17H22O. The van der Waals surface area contributed by atoms with Gasteiger partial charge < -0.3 is 4.74 Å². The molecule has 0 radical (unpaired) electrons. The lowest BCUT2D eigenvalue weighted by Gasteiger charge is -2.16. The van der Waals surface area contributed by atoms with Crippen molar-refractivity contribution < 1.29 is 4.74 Å². The van der Waals surface area contributed by atoms with Crippen LogP contribution in [0.1, 0.15) is 26.3 Å². The number of rotatable bonds is 6. The fourth-order valence-electron chi connectivity index (χ4n) is 1.75. The molecule has 1 aromatic rings. The van der Waals surface area contributed by atoms with Gasteiger partial charge in [0.05, 0.1) is 0 Å². The molecule has 0 fully saturated rings. The molecule has 0 aliphatic heterocycles. The molecule has 0 amide bonds. The van der Waals surface area contributed by atoms with Crippen LogP contribution in [0.15, 0.2) is 66.5 Å². The molecule has 1 nitrogen and oxygen atoms in total. The summed E-state index contributed by atoms with van der Waals surface area (Å²) in [5.41, 5.74) is 2.36. The summed E-state index contributed by atoms with van der Waals surface area (Å²) in [7, 11) is 0. The Kier molecular flexibility index (Phi) is 5.99. The van der Waals surface area contributed by atoms with E-state index in [1.54, 1.807) is 0 Å². The van der Waals surface area contributed by atoms with E-state index in [4.69, 9.17) is 4.74 Å². The Balaban J connectivity index is 2.74. The van der Waals surface area contributed by atoms with E-state index in [1.165, 1.54) is 11.1 Å². The molecule has 1 heteroatoms. The molecule has 1 aromatic carbocycles. The zero-order chi connectivity index (χ0) is 13.4. The van der Waals surface area contributed by atoms with E-state index < -0.39 is 0 Å². The van der Waals surface area contributed by atoms with E-state index in [9.17, 15) is 0 Å². The standard InChI is InChI=1S/C17H22O/c1-5-10-16(14(3)4)17(6-2)18-13-15-11-8-7-9-12-15/h5-12,14H,1,13H2,2-4H3/b16-10-,17-6+. The zero-order valence-corrected chi connectivity index (χ0v) is 11.5. The average Bonchev–Trinajstić information content (AvgIpc) is 2.39. The van der Waals surface area contributed by atoms with Crippen molar-refractivity contribution in [3.63, 3.8) is 0 Å². The summed E-state index contributed by atoms with van der Waals surface area (Å²) in [4.78, 5) is 0. The topological polar surface area (TPSA) is 9.23 Å². The molecule has 0 saturated heterocycles. The third-order valence-electron chi connectivity index (χ3n) is 2.70. The number of benzene rings is 1. The van der Waals surface area contributed by atoms with Crippen molar-refractivity contribution in [2.45, 2.75) is 27.4 Å². The monoisotopic (exact) mass is 242 g/mol. The first-order chi connectivity index (χ1) is 8.69. The molecule has 18 heavy (non-hydrogen) atoms. The van der Waals surface area contributed by atoms with Crippen LogP contribution in [-0.2, 0) is 11.3 Å². The second kappa shape index (κ2) is 7.54. The molecule has 0 spiro atoms. The lowest BCUT2D eigenvalue weighted by Crippen LogP contribution is -2.02. The minimum atomic E-state index is 0.421. The molecule has 0 N–H and O–H groups in total. The second-order valence-electron chi connectivity index (χ2n) is 4.44. The van der Waals surface area contributed by atoms with Gasteiger partial charge in [0.25, 0.3) is 0 Å². The Labute approximate surface area is 110 Å². The quantitative estimate of drug-likeness (QED) is 0.510. The third-order valence-corrected chi connectivity index (χ3v) is 2.70. The molecule has 0 bridgehead atoms. The molecule has 0 atom stereocenters. The highest BCUT2D eigenvalue weighted by Gasteiger charge is 2.09. The molecule has 0 aliphatic carbocycles. The lowest BCUT2D eigenvalue weighted by molar-refractivity contribution is 0.202. The van der Waals surface area contributed by atoms with E-state index >= 15 is 0 Å². The summed E-state index contributed by atoms with van der Waals surface area (Å²) >= 11 is 0. The lowest BCUT2D eigenvalue weighted by atomic mass is 10.0. The minimum Gasteiger partial charge on any atom is -0.489 e. The van der Waals surface area contributed by atoms with Crippen molar-refractivity contribution in [1.82, 2.24) is 0 Å². The van der Waals surface area contributed by atoms with Crippen LogP contribution in [0.25, 0.3) is 0 Å². The maximum Gasteiger partial charge on any atom is 0.119 e. The van der Waals surface area contributed by atoms with Gasteiger partial charge in [0, 0.05) is 0 Å². The predicted octanol–water partition coefficient (Wildman–Crippen LogP) is 4.88. The Bertz CT molecular complexity index is 424. The number of hydrogen-bond acceptors (Lipinski definition) is 1. The Morgan fingerprint density at radius 3 is 2.44 bits per heavy atom. The third kappa shape index (κ3) is 4.25. The van der Waals surface area contributed by atoms with Crippen molar-refractivity contribution in [1.29, 1.82) is 0 Å². The van der Waals surface area contributed by atoms with Gasteiger partial charge in [-0.1, -0.05) is 62.9 Å². The van der Waals surface area contributed by atoms with E-state index in [2.05, 4.69) is 32.6 Å². The van der Waals surface area contributed by atoms with Crippen LogP contribution in [0.3, 0.4) is 0 Å². The van der Waals surface area contributed by atoms with Gasteiger partial charge in [0.2, 0.25) is 0 Å². The summed E-state index contributed by atoms with van der Waals surface area (Å²) in [6.45, 7) is 10.7. The van der Waals surface area contributed by atoms with E-state index in [-0.39, 0.29) is 0 Å². The van der Waals surface area contributed by atoms with Crippen molar-refractivity contribution in [2.75, 3.05) is 0 Å². The Morgan fingerprint density at radius 1 is 1.28 bits per heavy atom. The highest BCUT2D eigenvalue weighted by Crippen LogP contribution is 2.22. The number of hydrogen-bond donors (Lipinski definition) is 0. The van der Waals surface area contributed by atoms with E-state index in [0.29, 0.717) is 12.5 Å². The van der Waals surface area contributed by atoms with Crippen LogP contribution in [0, 0.1) is 5.92 Å². The first-order valence-electron chi connectivity index (χ1n) is 6.35. The zero-order valence-electron chi connectivity index (χ0n) is 11.5. The Hall–Kier alpha value is -1.76. The van der Waals surface area contributed by atoms with E-state index in [0.717, 1.165) is 5.76 Å². The first kappa shape index (κ1) is 14.3. The van der Waals surface area contributed by atoms with Crippen LogP contribution in [0.4, 0.5) is 0 Å². The van der Waals surface area contributed by atoms with Gasteiger partial charge in [-0.3, -0.25) is 0 Å². The highest BCUT2D eigenvalue weighted by molar-refractivity contribution is 5.30. The van der Waals surface area contributed by atoms with Gasteiger partial charge in [0.1, 0.15) is 12.4 Å². The summed E-state index contributed by atoms with van der Waals surface area (Å²) in [6, 6.07) is 10.2. The van der Waals surface area contributed by atoms with Gasteiger partial charge in [-0.05, 0) is 30.1 Å². The largest absolute Gasteiger partial charge is 0.489 e. The molecular weight excluding hydrogens is 220 g/mol. The van der Waals surface area contributed by atoms with E-state index in [1.807, 2.05) is 43.4 Å². The average molecular weight is 242 g/mol. The van der Waals surface area contributed by atoms with Gasteiger partial charge in [0.15, 0.2) is 0 Å². The van der Waals surface area contributed by atoms with Crippen molar-refractivity contribution in [3.8, 4) is 0 Å². The van der Waals surface area contributed by atoms with Crippen LogP contribution < -0.4 is 0 Å². The molecule has 96 valence electrons. The summed E-state index contributed by atoms with van der Waals surface area (Å²) < 4.78 is 5.90. The van der Waals surface area contributed by atoms with Crippen LogP contribution >= 0.6 is 0 Å². The molecule has 1 rings (SSSR count). The first-order valence-corrected chi connectivity index (χ1v) is 6.35. The number of ether oxygens (including phenoxy) is 1. The fraction of sp³-hybridized carbons (Fsp3) is 0.294. The van der Waals surface area contributed by atoms with Gasteiger partial charge in [-0.25, -0.2) is 0 Å². The van der Waals surface area contributed by atoms with Crippen molar-refractivity contribution in [2.24, 2.45) is 5.92 Å². The normalized spacial score (nSPS) is 12.7. The van der Waals surface area contributed by atoms with Crippen LogP contribution in [-0.4, -0.2) is 0 Å². The highest BCUT2D eigenvalue weighted by atomic mass is 16.5. The van der Waals surface area contributed by atoms with Gasteiger partial charge in [-0.15, -0.1) is 0 Å². The molecule has 0 unspecified atom stereocenters. The van der Waals surface area contributed by atoms with Crippen LogP contribution in [0.2, 0.25) is 0 Å². The second-order valence-corrected chi connectivity index (χ2v) is 4.44. The van der Waals surface area contributed by atoms with Crippen molar-refractivity contribution >= 4 is 0 Å². The molecule has 0 aromatic heterocycles. The molecule has 0 saturated carbocycles. The smallest absolute Gasteiger partial charge is 0.119 e. The van der Waals surface area contributed by atoms with Crippen molar-refractivity contribution in [3.05, 3.63) is 72.0 Å². The summed E-state index contributed by atoms with van der Waals surface area (Å²) in [5.74, 6) is 1.36. The maximum absolute atomic E-state index is 5.90. The summed E-state index contributed by atoms with van der Waals surface area (Å²) in [5, 5.41) is 0. The predicted molar refractivity (Wildman–Crippen MR) is 78.1 cm³/mol. The van der Waals surface area contributed by atoms with Gasteiger partial charge in [-0.2, -0.15) is 0 Å². The molecule has 0 heterocycles. The van der Waals surface area contributed by atoms with Gasteiger partial charge >= 0.3 is 0 Å². The Morgan fingerprint density at radius 2 is 1.94 bits per heavy atom. The molecule has 0 aliphatic rings. The maximum atomic E-state index is 5.90. The SMILES string of the molecule is C=C/C=C(\C(=C/C)OCc1ccccc1)C(C)C. The number of allylic oxidation sites excluding steroid dienone is 4. The minimum absolute atomic E-state index is 0.421. The van der Waals surface area contributed by atoms with Crippen LogP contribution in [0.5, 0.6) is 0 Å². The fourth-order valence-corrected chi connectivity index (χ4v) is 1.75. The summed E-state index contributed by atoms with van der Waals surface area (Å²) in [6.07, 6.45) is 5.84.